The highest BCUT2D eigenvalue weighted by Gasteiger charge is 2.33. The molecule has 0 aromatic carbocycles. The third kappa shape index (κ3) is 5.37. The van der Waals surface area contributed by atoms with E-state index in [1.165, 1.54) is 24.2 Å². The number of carbonyl (C=O) groups excluding carboxylic acids is 1. The summed E-state index contributed by atoms with van der Waals surface area (Å²) >= 11 is 1.17. The number of esters is 1. The van der Waals surface area contributed by atoms with Gasteiger partial charge in [-0.3, -0.25) is 9.59 Å². The summed E-state index contributed by atoms with van der Waals surface area (Å²) in [6.45, 7) is 10.7. The number of nitrogen functional groups attached to an aromatic ring is 1. The lowest BCUT2D eigenvalue weighted by Crippen LogP contribution is -2.36. The minimum Gasteiger partial charge on any atom is -0.461 e. The fourth-order valence-electron chi connectivity index (χ4n) is 3.50. The second-order valence-corrected chi connectivity index (χ2v) is 8.29. The van der Waals surface area contributed by atoms with Gasteiger partial charge in [-0.1, -0.05) is 45.0 Å². The molecule has 1 heterocycles. The number of hydrogen-bond donors (Lipinski definition) is 1. The van der Waals surface area contributed by atoms with E-state index in [0.29, 0.717) is 35.3 Å². The summed E-state index contributed by atoms with van der Waals surface area (Å²) in [7, 11) is 0. The summed E-state index contributed by atoms with van der Waals surface area (Å²) in [5, 5.41) is 0.407. The Morgan fingerprint density at radius 2 is 2.27 bits per heavy atom. The summed E-state index contributed by atoms with van der Waals surface area (Å²) in [4.78, 5) is 28.0. The molecule has 1 aromatic heterocycles. The minimum atomic E-state index is -0.417. The molecule has 6 nitrogen and oxygen atoms in total. The van der Waals surface area contributed by atoms with Crippen LogP contribution in [0.15, 0.2) is 28.7 Å². The molecule has 0 bridgehead atoms. The molecule has 0 aliphatic heterocycles. The SMILES string of the molecule is C=CCn1c(N)cc(=O)nc1SCC(=O)O[C@@H]1C[C@H](C)CC[C@H]1C(C)C. The van der Waals surface area contributed by atoms with E-state index in [2.05, 4.69) is 32.3 Å². The Balaban J connectivity index is 2.02. The third-order valence-corrected chi connectivity index (χ3v) is 5.84. The number of carbonyl (C=O) groups is 1. The molecule has 0 amide bonds. The van der Waals surface area contributed by atoms with Gasteiger partial charge in [0.15, 0.2) is 5.16 Å². The molecule has 2 N–H and O–H groups in total. The zero-order chi connectivity index (χ0) is 19.3. The number of rotatable bonds is 7. The Morgan fingerprint density at radius 3 is 2.92 bits per heavy atom. The normalized spacial score (nSPS) is 23.0. The molecule has 0 radical (unpaired) electrons. The van der Waals surface area contributed by atoms with Gasteiger partial charge in [0, 0.05) is 12.6 Å². The molecule has 144 valence electrons. The summed E-state index contributed by atoms with van der Waals surface area (Å²) in [6.07, 6.45) is 4.83. The van der Waals surface area contributed by atoms with Gasteiger partial charge >= 0.3 is 5.97 Å². The molecule has 26 heavy (non-hydrogen) atoms. The van der Waals surface area contributed by atoms with Gasteiger partial charge in [0.1, 0.15) is 11.9 Å². The van der Waals surface area contributed by atoms with Gasteiger partial charge in [0.25, 0.3) is 5.56 Å². The first kappa shape index (κ1) is 20.6. The standard InChI is InChI=1S/C19H29N3O3S/c1-5-8-22-16(20)10-17(23)21-19(22)26-11-18(24)25-15-9-13(4)6-7-14(15)12(2)3/h5,10,12-15H,1,6-9,11,20H2,2-4H3/t13-,14+,15-/m1/s1. The fourth-order valence-corrected chi connectivity index (χ4v) is 4.31. The van der Waals surface area contributed by atoms with Crippen molar-refractivity contribution in [2.24, 2.45) is 17.8 Å². The van der Waals surface area contributed by atoms with Gasteiger partial charge in [-0.25, -0.2) is 0 Å². The van der Waals surface area contributed by atoms with Crippen molar-refractivity contribution in [2.45, 2.75) is 57.8 Å². The number of hydrogen-bond acceptors (Lipinski definition) is 6. The molecule has 0 spiro atoms. The van der Waals surface area contributed by atoms with Gasteiger partial charge in [0.2, 0.25) is 0 Å². The first-order valence-electron chi connectivity index (χ1n) is 9.12. The second kappa shape index (κ2) is 9.26. The topological polar surface area (TPSA) is 87.2 Å². The lowest BCUT2D eigenvalue weighted by atomic mass is 9.75. The van der Waals surface area contributed by atoms with Crippen LogP contribution in [-0.4, -0.2) is 27.4 Å². The smallest absolute Gasteiger partial charge is 0.316 e. The van der Waals surface area contributed by atoms with Crippen LogP contribution in [0.2, 0.25) is 0 Å². The highest BCUT2D eigenvalue weighted by molar-refractivity contribution is 7.99. The van der Waals surface area contributed by atoms with Crippen LogP contribution in [-0.2, 0) is 16.1 Å². The van der Waals surface area contributed by atoms with Crippen molar-refractivity contribution in [3.63, 3.8) is 0 Å². The quantitative estimate of drug-likeness (QED) is 0.339. The average molecular weight is 380 g/mol. The predicted molar refractivity (Wildman–Crippen MR) is 105 cm³/mol. The van der Waals surface area contributed by atoms with Crippen molar-refractivity contribution in [3.05, 3.63) is 29.1 Å². The Bertz CT molecular complexity index is 702. The molecule has 0 saturated heterocycles. The highest BCUT2D eigenvalue weighted by Crippen LogP contribution is 2.35. The van der Waals surface area contributed by atoms with Gasteiger partial charge < -0.3 is 15.0 Å². The molecule has 1 aromatic rings. The van der Waals surface area contributed by atoms with Gasteiger partial charge in [0.05, 0.1) is 5.75 Å². The maximum Gasteiger partial charge on any atom is 0.316 e. The highest BCUT2D eigenvalue weighted by atomic mass is 32.2. The van der Waals surface area contributed by atoms with Crippen molar-refractivity contribution < 1.29 is 9.53 Å². The summed E-state index contributed by atoms with van der Waals surface area (Å²) in [6, 6.07) is 1.27. The first-order chi connectivity index (χ1) is 12.3. The Kier molecular flexibility index (Phi) is 7.32. The largest absolute Gasteiger partial charge is 0.461 e. The summed E-state index contributed by atoms with van der Waals surface area (Å²) in [5.41, 5.74) is 5.46. The maximum atomic E-state index is 12.4. The van der Waals surface area contributed by atoms with Crippen molar-refractivity contribution >= 4 is 23.5 Å². The summed E-state index contributed by atoms with van der Waals surface area (Å²) < 4.78 is 7.45. The van der Waals surface area contributed by atoms with Crippen LogP contribution in [0.25, 0.3) is 0 Å². The van der Waals surface area contributed by atoms with Crippen LogP contribution in [0.3, 0.4) is 0 Å². The molecule has 1 saturated carbocycles. The number of thioether (sulfide) groups is 1. The van der Waals surface area contributed by atoms with E-state index >= 15 is 0 Å². The lowest BCUT2D eigenvalue weighted by Gasteiger charge is -2.36. The average Bonchev–Trinajstić information content (AvgIpc) is 2.55. The van der Waals surface area contributed by atoms with Crippen LogP contribution in [0, 0.1) is 17.8 Å². The number of ether oxygens (including phenoxy) is 1. The van der Waals surface area contributed by atoms with Crippen molar-refractivity contribution in [2.75, 3.05) is 11.5 Å². The molecule has 1 fully saturated rings. The van der Waals surface area contributed by atoms with E-state index in [4.69, 9.17) is 10.5 Å². The number of allylic oxidation sites excluding steroid dienone is 1. The van der Waals surface area contributed by atoms with E-state index in [1.807, 2.05) is 0 Å². The zero-order valence-electron chi connectivity index (χ0n) is 15.8. The van der Waals surface area contributed by atoms with E-state index < -0.39 is 5.56 Å². The van der Waals surface area contributed by atoms with E-state index in [9.17, 15) is 9.59 Å². The number of nitrogens with two attached hydrogens (primary N) is 1. The third-order valence-electron chi connectivity index (χ3n) is 4.89. The molecular formula is C19H29N3O3S. The van der Waals surface area contributed by atoms with Crippen LogP contribution in [0.4, 0.5) is 5.82 Å². The molecule has 2 rings (SSSR count). The van der Waals surface area contributed by atoms with Gasteiger partial charge in [-0.15, -0.1) is 6.58 Å². The number of anilines is 1. The zero-order valence-corrected chi connectivity index (χ0v) is 16.6. The van der Waals surface area contributed by atoms with Gasteiger partial charge in [-0.2, -0.15) is 4.98 Å². The van der Waals surface area contributed by atoms with E-state index in [-0.39, 0.29) is 17.8 Å². The lowest BCUT2D eigenvalue weighted by molar-refractivity contribution is -0.152. The van der Waals surface area contributed by atoms with Crippen molar-refractivity contribution in [3.8, 4) is 0 Å². The van der Waals surface area contributed by atoms with Crippen molar-refractivity contribution in [1.82, 2.24) is 9.55 Å². The van der Waals surface area contributed by atoms with Crippen LogP contribution in [0.5, 0.6) is 0 Å². The number of aromatic nitrogens is 2. The first-order valence-corrected chi connectivity index (χ1v) is 10.1. The van der Waals surface area contributed by atoms with E-state index in [0.717, 1.165) is 12.8 Å². The monoisotopic (exact) mass is 379 g/mol. The molecule has 1 aliphatic carbocycles. The Morgan fingerprint density at radius 1 is 1.54 bits per heavy atom. The molecule has 1 aliphatic rings. The molecular weight excluding hydrogens is 350 g/mol. The van der Waals surface area contributed by atoms with Crippen molar-refractivity contribution in [1.29, 1.82) is 0 Å². The molecule has 7 heteroatoms. The Hall–Kier alpha value is -1.76. The predicted octanol–water partition coefficient (Wildman–Crippen LogP) is 3.11. The fraction of sp³-hybridized carbons (Fsp3) is 0.632. The summed E-state index contributed by atoms with van der Waals surface area (Å²) in [5.74, 6) is 1.60. The second-order valence-electron chi connectivity index (χ2n) is 7.34. The maximum absolute atomic E-state index is 12.4. The molecule has 0 unspecified atom stereocenters. The molecule has 3 atom stereocenters. The van der Waals surface area contributed by atoms with E-state index in [1.54, 1.807) is 10.6 Å². The Labute approximate surface area is 159 Å². The van der Waals surface area contributed by atoms with Crippen LogP contribution >= 0.6 is 11.8 Å². The number of nitrogens with zero attached hydrogens (tertiary/aromatic N) is 2. The minimum absolute atomic E-state index is 0.0315. The van der Waals surface area contributed by atoms with Crippen LogP contribution in [0.1, 0.15) is 40.0 Å². The van der Waals surface area contributed by atoms with Crippen LogP contribution < -0.4 is 11.3 Å². The van der Waals surface area contributed by atoms with Gasteiger partial charge in [-0.05, 0) is 30.6 Å².